The molecule has 2 rings (SSSR count). The first-order chi connectivity index (χ1) is 12.3. The number of allylic oxidation sites excluding steroid dienone is 2. The molecule has 8 heteroatoms. The van der Waals surface area contributed by atoms with Gasteiger partial charge in [0.15, 0.2) is 17.6 Å². The first kappa shape index (κ1) is 20.0. The maximum absolute atomic E-state index is 11.8. The number of benzene rings is 1. The van der Waals surface area contributed by atoms with Crippen LogP contribution < -0.4 is 14.8 Å². The van der Waals surface area contributed by atoms with Gasteiger partial charge in [-0.2, -0.15) is 0 Å². The summed E-state index contributed by atoms with van der Waals surface area (Å²) in [5, 5.41) is 11.6. The van der Waals surface area contributed by atoms with Crippen molar-refractivity contribution in [3.05, 3.63) is 40.3 Å². The van der Waals surface area contributed by atoms with Crippen LogP contribution in [0.5, 0.6) is 11.5 Å². The number of hydrogen-bond donors (Lipinski definition) is 2. The normalized spacial score (nSPS) is 17.2. The Balaban J connectivity index is 2.23. The van der Waals surface area contributed by atoms with Crippen molar-refractivity contribution in [3.63, 3.8) is 0 Å². The smallest absolute Gasteiger partial charge is 0.344 e. The summed E-state index contributed by atoms with van der Waals surface area (Å²) >= 11 is 6.22. The predicted octanol–water partition coefficient (Wildman–Crippen LogP) is 3.37. The van der Waals surface area contributed by atoms with Gasteiger partial charge in [0, 0.05) is 0 Å². The van der Waals surface area contributed by atoms with Gasteiger partial charge < -0.3 is 19.9 Å². The highest BCUT2D eigenvalue weighted by Crippen LogP contribution is 2.31. The molecule has 1 aromatic carbocycles. The third-order valence-corrected chi connectivity index (χ3v) is 4.77. The van der Waals surface area contributed by atoms with E-state index in [4.69, 9.17) is 26.8 Å². The number of ether oxygens (including phenoxy) is 2. The summed E-state index contributed by atoms with van der Waals surface area (Å²) in [4.78, 5) is 23.3. The van der Waals surface area contributed by atoms with Crippen LogP contribution in [0.15, 0.2) is 34.8 Å². The first-order valence-electron chi connectivity index (χ1n) is 7.90. The van der Waals surface area contributed by atoms with Crippen LogP contribution in [0.1, 0.15) is 26.3 Å². The topological polar surface area (TPSA) is 84.9 Å². The molecule has 138 valence electrons. The number of carboxylic acids is 1. The number of rotatable bonds is 7. The van der Waals surface area contributed by atoms with Crippen molar-refractivity contribution in [2.45, 2.75) is 26.9 Å². The summed E-state index contributed by atoms with van der Waals surface area (Å²) in [5.41, 5.74) is 1.62. The maximum atomic E-state index is 11.8. The molecule has 1 aliphatic rings. The lowest BCUT2D eigenvalue weighted by molar-refractivity contribution is -0.144. The van der Waals surface area contributed by atoms with E-state index < -0.39 is 12.1 Å². The van der Waals surface area contributed by atoms with Gasteiger partial charge in [0.05, 0.1) is 11.5 Å². The highest BCUT2D eigenvalue weighted by molar-refractivity contribution is 8.26. The van der Waals surface area contributed by atoms with Gasteiger partial charge >= 0.3 is 5.97 Å². The zero-order valence-corrected chi connectivity index (χ0v) is 16.2. The number of carbonyl (C=O) groups excluding carboxylic acids is 1. The van der Waals surface area contributed by atoms with Crippen molar-refractivity contribution in [2.75, 3.05) is 6.61 Å². The summed E-state index contributed by atoms with van der Waals surface area (Å²) in [6.07, 6.45) is 2.68. The molecule has 0 aromatic heterocycles. The van der Waals surface area contributed by atoms with E-state index in [1.165, 1.54) is 18.7 Å². The summed E-state index contributed by atoms with van der Waals surface area (Å²) in [5.74, 6) is -0.417. The zero-order valence-electron chi connectivity index (χ0n) is 14.6. The Bertz CT molecular complexity index is 801. The molecule has 1 saturated heterocycles. The number of carbonyl (C=O) groups is 2. The van der Waals surface area contributed by atoms with Crippen LogP contribution in [0.3, 0.4) is 0 Å². The summed E-state index contributed by atoms with van der Waals surface area (Å²) in [6, 6.07) is 5.21. The van der Waals surface area contributed by atoms with Crippen LogP contribution in [0.25, 0.3) is 6.08 Å². The molecule has 26 heavy (non-hydrogen) atoms. The molecule has 1 aromatic rings. The first-order valence-corrected chi connectivity index (χ1v) is 9.12. The van der Waals surface area contributed by atoms with Gasteiger partial charge in [0.1, 0.15) is 4.32 Å². The van der Waals surface area contributed by atoms with Crippen molar-refractivity contribution in [1.82, 2.24) is 5.32 Å². The number of thioether (sulfide) groups is 1. The third kappa shape index (κ3) is 5.09. The average Bonchev–Trinajstić information content (AvgIpc) is 2.93. The third-order valence-electron chi connectivity index (χ3n) is 3.42. The van der Waals surface area contributed by atoms with Crippen molar-refractivity contribution in [2.24, 2.45) is 0 Å². The SMILES string of the molecule is CCOc1cc(C=CC(C)=C2SC(=S)NC2=O)ccc1OC(C)C(=O)O. The lowest BCUT2D eigenvalue weighted by atomic mass is 10.1. The number of nitrogens with one attached hydrogen (secondary N) is 1. The standard InChI is InChI=1S/C18H19NO5S2/c1-4-23-14-9-12(7-8-13(14)24-11(3)17(21)22)6-5-10(2)15-16(20)19-18(25)26-15/h5-9,11H,4H2,1-3H3,(H,21,22)(H,19,20,25). The fourth-order valence-corrected chi connectivity index (χ4v) is 3.15. The van der Waals surface area contributed by atoms with Crippen LogP contribution >= 0.6 is 24.0 Å². The summed E-state index contributed by atoms with van der Waals surface area (Å²) in [6.45, 7) is 5.54. The zero-order chi connectivity index (χ0) is 19.3. The fraction of sp³-hybridized carbons (Fsp3) is 0.278. The number of aliphatic carboxylic acids is 1. The van der Waals surface area contributed by atoms with E-state index in [1.807, 2.05) is 26.0 Å². The summed E-state index contributed by atoms with van der Waals surface area (Å²) in [7, 11) is 0. The van der Waals surface area contributed by atoms with E-state index in [0.29, 0.717) is 27.3 Å². The van der Waals surface area contributed by atoms with Crippen molar-refractivity contribution >= 4 is 46.3 Å². The van der Waals surface area contributed by atoms with Gasteiger partial charge in [0.25, 0.3) is 5.91 Å². The molecule has 2 N–H and O–H groups in total. The molecule has 0 saturated carbocycles. The number of thiocarbonyl (C=S) groups is 1. The lowest BCUT2D eigenvalue weighted by Gasteiger charge is -2.15. The van der Waals surface area contributed by atoms with Gasteiger partial charge in [-0.3, -0.25) is 4.79 Å². The molecule has 1 aliphatic heterocycles. The second-order valence-electron chi connectivity index (χ2n) is 5.43. The minimum Gasteiger partial charge on any atom is -0.490 e. The highest BCUT2D eigenvalue weighted by atomic mass is 32.2. The quantitative estimate of drug-likeness (QED) is 0.543. The van der Waals surface area contributed by atoms with Crippen LogP contribution in [0.2, 0.25) is 0 Å². The predicted molar refractivity (Wildman–Crippen MR) is 105 cm³/mol. The largest absolute Gasteiger partial charge is 0.490 e. The van der Waals surface area contributed by atoms with Gasteiger partial charge in [-0.05, 0) is 44.0 Å². The second-order valence-corrected chi connectivity index (χ2v) is 7.11. The number of hydrogen-bond acceptors (Lipinski definition) is 6. The Morgan fingerprint density at radius 3 is 2.73 bits per heavy atom. The molecule has 1 heterocycles. The Morgan fingerprint density at radius 1 is 1.42 bits per heavy atom. The maximum Gasteiger partial charge on any atom is 0.344 e. The molecule has 1 unspecified atom stereocenters. The van der Waals surface area contributed by atoms with Crippen molar-refractivity contribution < 1.29 is 24.2 Å². The van der Waals surface area contributed by atoms with Crippen molar-refractivity contribution in [1.29, 1.82) is 0 Å². The molecule has 0 aliphatic carbocycles. The van der Waals surface area contributed by atoms with Crippen molar-refractivity contribution in [3.8, 4) is 11.5 Å². The highest BCUT2D eigenvalue weighted by Gasteiger charge is 2.23. The molecule has 1 amide bonds. The van der Waals surface area contributed by atoms with E-state index in [0.717, 1.165) is 11.1 Å². The van der Waals surface area contributed by atoms with Gasteiger partial charge in [-0.25, -0.2) is 4.79 Å². The number of amides is 1. The molecular formula is C18H19NO5S2. The van der Waals surface area contributed by atoms with E-state index >= 15 is 0 Å². The molecule has 6 nitrogen and oxygen atoms in total. The fourth-order valence-electron chi connectivity index (χ4n) is 2.11. The molecule has 0 bridgehead atoms. The van der Waals surface area contributed by atoms with E-state index in [-0.39, 0.29) is 5.91 Å². The molecule has 1 atom stereocenters. The second kappa shape index (κ2) is 8.86. The van der Waals surface area contributed by atoms with Crippen LogP contribution in [-0.4, -0.2) is 34.0 Å². The Hall–Kier alpha value is -2.32. The van der Waals surface area contributed by atoms with Gasteiger partial charge in [-0.1, -0.05) is 42.2 Å². The molecular weight excluding hydrogens is 374 g/mol. The molecule has 0 radical (unpaired) electrons. The Labute approximate surface area is 161 Å². The van der Waals surface area contributed by atoms with E-state index in [1.54, 1.807) is 18.2 Å². The lowest BCUT2D eigenvalue weighted by Crippen LogP contribution is -2.23. The monoisotopic (exact) mass is 393 g/mol. The van der Waals surface area contributed by atoms with Gasteiger partial charge in [-0.15, -0.1) is 0 Å². The minimum atomic E-state index is -1.05. The number of carboxylic acid groups (broad SMARTS) is 1. The molecule has 1 fully saturated rings. The molecule has 0 spiro atoms. The van der Waals surface area contributed by atoms with Gasteiger partial charge in [0.2, 0.25) is 0 Å². The van der Waals surface area contributed by atoms with Crippen LogP contribution in [0.4, 0.5) is 0 Å². The summed E-state index contributed by atoms with van der Waals surface area (Å²) < 4.78 is 11.4. The minimum absolute atomic E-state index is 0.191. The Morgan fingerprint density at radius 2 is 2.15 bits per heavy atom. The van der Waals surface area contributed by atoms with Crippen LogP contribution in [-0.2, 0) is 9.59 Å². The average molecular weight is 393 g/mol. The van der Waals surface area contributed by atoms with E-state index in [2.05, 4.69) is 5.32 Å². The van der Waals surface area contributed by atoms with E-state index in [9.17, 15) is 9.59 Å². The van der Waals surface area contributed by atoms with Crippen LogP contribution in [0, 0.1) is 0 Å². The Kier molecular flexibility index (Phi) is 6.82.